The number of carbonyl (C=O) groups excluding carboxylic acids is 1. The van der Waals surface area contributed by atoms with Crippen LogP contribution in [0, 0.1) is 0 Å². The van der Waals surface area contributed by atoms with E-state index in [1.54, 1.807) is 0 Å². The molecule has 0 radical (unpaired) electrons. The van der Waals surface area contributed by atoms with Gasteiger partial charge >= 0.3 is 5.97 Å². The van der Waals surface area contributed by atoms with Crippen LogP contribution in [0.4, 0.5) is 0 Å². The number of carbonyl (C=O) groups is 1. The molecule has 0 atom stereocenters. The highest BCUT2D eigenvalue weighted by atomic mass is 17.2. The Morgan fingerprint density at radius 3 is 2.25 bits per heavy atom. The Hall–Kier alpha value is -1.35. The van der Waals surface area contributed by atoms with E-state index in [9.17, 15) is 4.79 Å². The number of benzene rings is 1. The van der Waals surface area contributed by atoms with Crippen LogP contribution in [-0.4, -0.2) is 12.6 Å². The fraction of sp³-hybridized carbons (Fsp3) is 0.667. The first kappa shape index (κ1) is 20.7. The summed E-state index contributed by atoms with van der Waals surface area (Å²) in [6.07, 6.45) is 9.43. The van der Waals surface area contributed by atoms with Crippen molar-refractivity contribution in [3.63, 3.8) is 0 Å². The monoisotopic (exact) mass is 334 g/mol. The van der Waals surface area contributed by atoms with Crippen molar-refractivity contribution >= 4 is 5.97 Å². The molecule has 0 saturated carbocycles. The second-order valence-corrected chi connectivity index (χ2v) is 7.10. The maximum absolute atomic E-state index is 12.3. The van der Waals surface area contributed by atoms with Crippen molar-refractivity contribution in [1.29, 1.82) is 0 Å². The molecule has 0 aliphatic heterocycles. The zero-order chi connectivity index (χ0) is 17.8. The zero-order valence-corrected chi connectivity index (χ0v) is 15.9. The lowest BCUT2D eigenvalue weighted by atomic mass is 9.80. The maximum Gasteiger partial charge on any atom is 0.373 e. The van der Waals surface area contributed by atoms with Gasteiger partial charge in [0.15, 0.2) is 0 Å². The van der Waals surface area contributed by atoms with Crippen LogP contribution in [0.15, 0.2) is 24.3 Å². The number of hydrogen-bond donors (Lipinski definition) is 0. The van der Waals surface area contributed by atoms with Gasteiger partial charge in [0.2, 0.25) is 0 Å². The van der Waals surface area contributed by atoms with Gasteiger partial charge in [0.25, 0.3) is 0 Å². The Kier molecular flexibility index (Phi) is 9.70. The van der Waals surface area contributed by atoms with Gasteiger partial charge in [-0.15, -0.1) is 0 Å². The maximum atomic E-state index is 12.3. The summed E-state index contributed by atoms with van der Waals surface area (Å²) < 4.78 is 0. The molecule has 0 bridgehead atoms. The summed E-state index contributed by atoms with van der Waals surface area (Å²) in [6, 6.07) is 7.63. The van der Waals surface area contributed by atoms with Crippen LogP contribution in [-0.2, 0) is 15.2 Å². The van der Waals surface area contributed by atoms with E-state index in [4.69, 9.17) is 9.78 Å². The molecule has 24 heavy (non-hydrogen) atoms. The van der Waals surface area contributed by atoms with Crippen molar-refractivity contribution in [2.75, 3.05) is 6.61 Å². The summed E-state index contributed by atoms with van der Waals surface area (Å²) in [4.78, 5) is 22.4. The third kappa shape index (κ3) is 7.04. The van der Waals surface area contributed by atoms with Crippen LogP contribution < -0.4 is 0 Å². The summed E-state index contributed by atoms with van der Waals surface area (Å²) in [7, 11) is 0. The van der Waals surface area contributed by atoms with Gasteiger partial charge in [-0.05, 0) is 29.9 Å². The van der Waals surface area contributed by atoms with Crippen LogP contribution in [0.1, 0.15) is 95.0 Å². The molecule has 0 aliphatic rings. The average molecular weight is 335 g/mol. The van der Waals surface area contributed by atoms with Crippen LogP contribution >= 0.6 is 0 Å². The van der Waals surface area contributed by atoms with E-state index in [-0.39, 0.29) is 5.41 Å². The normalized spacial score (nSPS) is 11.5. The molecule has 0 saturated heterocycles. The van der Waals surface area contributed by atoms with E-state index in [0.717, 1.165) is 24.8 Å². The van der Waals surface area contributed by atoms with Gasteiger partial charge in [-0.1, -0.05) is 84.4 Å². The van der Waals surface area contributed by atoms with Crippen LogP contribution in [0.3, 0.4) is 0 Å². The van der Waals surface area contributed by atoms with E-state index >= 15 is 0 Å². The molecule has 1 rings (SSSR count). The smallest absolute Gasteiger partial charge is 0.293 e. The van der Waals surface area contributed by atoms with Gasteiger partial charge in [-0.3, -0.25) is 4.89 Å². The highest BCUT2D eigenvalue weighted by Gasteiger charge is 2.25. The van der Waals surface area contributed by atoms with Crippen molar-refractivity contribution in [1.82, 2.24) is 0 Å². The highest BCUT2D eigenvalue weighted by molar-refractivity contribution is 5.91. The number of rotatable bonds is 12. The van der Waals surface area contributed by atoms with Crippen LogP contribution in [0.2, 0.25) is 0 Å². The summed E-state index contributed by atoms with van der Waals surface area (Å²) in [6.45, 7) is 9.09. The van der Waals surface area contributed by atoms with Gasteiger partial charge < -0.3 is 0 Å². The SMILES string of the molecule is CCCCCCCCCOOC(=O)c1ccccc1C(C)(C)CC. The zero-order valence-electron chi connectivity index (χ0n) is 15.9. The Labute approximate surface area is 147 Å². The summed E-state index contributed by atoms with van der Waals surface area (Å²) in [5.74, 6) is -0.393. The van der Waals surface area contributed by atoms with Crippen molar-refractivity contribution in [2.45, 2.75) is 84.5 Å². The van der Waals surface area contributed by atoms with E-state index in [1.807, 2.05) is 24.3 Å². The molecule has 3 heteroatoms. The Morgan fingerprint density at radius 2 is 1.58 bits per heavy atom. The van der Waals surface area contributed by atoms with E-state index in [1.165, 1.54) is 32.1 Å². The second kappa shape index (κ2) is 11.2. The van der Waals surface area contributed by atoms with Crippen molar-refractivity contribution in [2.24, 2.45) is 0 Å². The standard InChI is InChI=1S/C21H34O3/c1-5-7-8-9-10-11-14-17-23-24-20(22)18-15-12-13-16-19(18)21(3,4)6-2/h12-13,15-16H,5-11,14,17H2,1-4H3. The molecule has 0 fully saturated rings. The first-order valence-electron chi connectivity index (χ1n) is 9.46. The molecule has 1 aromatic rings. The lowest BCUT2D eigenvalue weighted by molar-refractivity contribution is -0.241. The number of unbranched alkanes of at least 4 members (excludes halogenated alkanes) is 6. The Bertz CT molecular complexity index is 480. The summed E-state index contributed by atoms with van der Waals surface area (Å²) in [5, 5.41) is 0. The lowest BCUT2D eigenvalue weighted by Crippen LogP contribution is -2.21. The van der Waals surface area contributed by atoms with E-state index < -0.39 is 5.97 Å². The molecular formula is C21H34O3. The molecule has 0 heterocycles. The molecule has 0 unspecified atom stereocenters. The molecule has 1 aromatic carbocycles. The van der Waals surface area contributed by atoms with E-state index in [0.29, 0.717) is 12.2 Å². The van der Waals surface area contributed by atoms with Crippen molar-refractivity contribution < 1.29 is 14.6 Å². The van der Waals surface area contributed by atoms with Gasteiger partial charge in [-0.25, -0.2) is 4.79 Å². The van der Waals surface area contributed by atoms with Gasteiger partial charge in [-0.2, -0.15) is 4.89 Å². The molecule has 0 spiro atoms. The van der Waals surface area contributed by atoms with Crippen LogP contribution in [0.25, 0.3) is 0 Å². The van der Waals surface area contributed by atoms with Gasteiger partial charge in [0, 0.05) is 0 Å². The Morgan fingerprint density at radius 1 is 0.958 bits per heavy atom. The minimum absolute atomic E-state index is 0.0614. The third-order valence-electron chi connectivity index (χ3n) is 4.73. The molecule has 3 nitrogen and oxygen atoms in total. The predicted octanol–water partition coefficient (Wildman–Crippen LogP) is 6.21. The highest BCUT2D eigenvalue weighted by Crippen LogP contribution is 2.29. The fourth-order valence-corrected chi connectivity index (χ4v) is 2.70. The van der Waals surface area contributed by atoms with Gasteiger partial charge in [0.05, 0.1) is 12.2 Å². The quantitative estimate of drug-likeness (QED) is 0.259. The number of hydrogen-bond acceptors (Lipinski definition) is 3. The van der Waals surface area contributed by atoms with Crippen LogP contribution in [0.5, 0.6) is 0 Å². The molecule has 0 aliphatic carbocycles. The summed E-state index contributed by atoms with van der Waals surface area (Å²) >= 11 is 0. The minimum Gasteiger partial charge on any atom is -0.293 e. The minimum atomic E-state index is -0.393. The van der Waals surface area contributed by atoms with Gasteiger partial charge in [0.1, 0.15) is 0 Å². The third-order valence-corrected chi connectivity index (χ3v) is 4.73. The van der Waals surface area contributed by atoms with E-state index in [2.05, 4.69) is 27.7 Å². The fourth-order valence-electron chi connectivity index (χ4n) is 2.70. The Balaban J connectivity index is 2.34. The topological polar surface area (TPSA) is 35.5 Å². The summed E-state index contributed by atoms with van der Waals surface area (Å²) in [5.41, 5.74) is 1.55. The second-order valence-electron chi connectivity index (χ2n) is 7.10. The largest absolute Gasteiger partial charge is 0.373 e. The average Bonchev–Trinajstić information content (AvgIpc) is 2.60. The molecule has 0 aromatic heterocycles. The first-order chi connectivity index (χ1) is 11.5. The lowest BCUT2D eigenvalue weighted by Gasteiger charge is -2.25. The molecule has 0 amide bonds. The van der Waals surface area contributed by atoms with Crippen molar-refractivity contribution in [3.05, 3.63) is 35.4 Å². The van der Waals surface area contributed by atoms with Crippen molar-refractivity contribution in [3.8, 4) is 0 Å². The molecule has 136 valence electrons. The predicted molar refractivity (Wildman–Crippen MR) is 99.1 cm³/mol. The molecular weight excluding hydrogens is 300 g/mol. The molecule has 0 N–H and O–H groups in total. The first-order valence-corrected chi connectivity index (χ1v) is 9.46.